The van der Waals surface area contributed by atoms with Gasteiger partial charge in [0.2, 0.25) is 0 Å². The number of aromatic nitrogens is 1. The van der Waals surface area contributed by atoms with Gasteiger partial charge in [-0.3, -0.25) is 25.8 Å². The first-order valence-corrected chi connectivity index (χ1v) is 14.2. The van der Waals surface area contributed by atoms with Crippen LogP contribution < -0.4 is 16.5 Å². The van der Waals surface area contributed by atoms with Crippen LogP contribution in [0.1, 0.15) is 16.7 Å². The van der Waals surface area contributed by atoms with Gasteiger partial charge in [0.15, 0.2) is 0 Å². The van der Waals surface area contributed by atoms with Gasteiger partial charge in [-0.05, 0) is 46.8 Å². The molecule has 0 unspecified atom stereocenters. The molecule has 0 radical (unpaired) electrons. The Morgan fingerprint density at radius 1 is 0.756 bits per heavy atom. The topological polar surface area (TPSA) is 151 Å². The molecule has 0 aliphatic carbocycles. The molecule has 0 spiro atoms. The molecule has 218 valence electrons. The highest BCUT2D eigenvalue weighted by atomic mass is 16.2. The maximum absolute atomic E-state index is 13.6. The number of aromatic amines is 1. The number of nitrogen functional groups attached to an aromatic ring is 1. The number of hydrogen-bond donors (Lipinski definition) is 6. The number of carbonyl (C=O) groups is 2. The summed E-state index contributed by atoms with van der Waals surface area (Å²) >= 11 is 0. The molecule has 7 N–H and O–H groups in total. The lowest BCUT2D eigenvalue weighted by Crippen LogP contribution is -2.46. The summed E-state index contributed by atoms with van der Waals surface area (Å²) in [7, 11) is 0. The van der Waals surface area contributed by atoms with Crippen LogP contribution in [0.3, 0.4) is 0 Å². The molecular weight excluding hydrogens is 562 g/mol. The molecular formula is C36H27N7O2. The number of rotatable bonds is 7. The molecule has 5 aromatic carbocycles. The van der Waals surface area contributed by atoms with Gasteiger partial charge in [-0.25, -0.2) is 0 Å². The Labute approximate surface area is 258 Å². The normalized spacial score (nSPS) is 12.9. The largest absolute Gasteiger partial charge is 0.384 e. The second-order valence-electron chi connectivity index (χ2n) is 10.7. The number of amidine groups is 2. The summed E-state index contributed by atoms with van der Waals surface area (Å²) in [5, 5.41) is 23.3. The molecule has 0 saturated carbocycles. The van der Waals surface area contributed by atoms with Crippen LogP contribution >= 0.6 is 0 Å². The van der Waals surface area contributed by atoms with Gasteiger partial charge in [0, 0.05) is 50.6 Å². The third-order valence-electron chi connectivity index (χ3n) is 7.83. The third-order valence-corrected chi connectivity index (χ3v) is 7.83. The van der Waals surface area contributed by atoms with E-state index in [9.17, 15) is 9.59 Å². The smallest absolute Gasteiger partial charge is 0.280 e. The molecule has 7 rings (SSSR count). The lowest BCUT2D eigenvalue weighted by atomic mass is 9.97. The quantitative estimate of drug-likeness (QED) is 0.0734. The summed E-state index contributed by atoms with van der Waals surface area (Å²) in [4.78, 5) is 30.0. The van der Waals surface area contributed by atoms with Crippen molar-refractivity contribution < 1.29 is 9.59 Å². The molecule has 0 bridgehead atoms. The maximum Gasteiger partial charge on any atom is 0.280 e. The minimum Gasteiger partial charge on any atom is -0.384 e. The van der Waals surface area contributed by atoms with Gasteiger partial charge in [0.1, 0.15) is 11.7 Å². The van der Waals surface area contributed by atoms with Gasteiger partial charge in [-0.1, -0.05) is 84.9 Å². The molecule has 2 heterocycles. The van der Waals surface area contributed by atoms with Crippen molar-refractivity contribution in [3.8, 4) is 11.3 Å². The van der Waals surface area contributed by atoms with Crippen molar-refractivity contribution in [1.82, 2.24) is 15.4 Å². The van der Waals surface area contributed by atoms with Gasteiger partial charge in [0.05, 0.1) is 5.57 Å². The molecule has 9 nitrogen and oxygen atoms in total. The van der Waals surface area contributed by atoms with E-state index in [2.05, 4.69) is 15.7 Å². The van der Waals surface area contributed by atoms with Crippen LogP contribution in [0.2, 0.25) is 0 Å². The van der Waals surface area contributed by atoms with E-state index in [1.807, 2.05) is 91.0 Å². The number of benzene rings is 5. The Kier molecular flexibility index (Phi) is 6.67. The zero-order valence-corrected chi connectivity index (χ0v) is 23.9. The lowest BCUT2D eigenvalue weighted by Gasteiger charge is -2.18. The minimum atomic E-state index is -0.549. The number of H-pyrrole nitrogens is 1. The Morgan fingerprint density at radius 2 is 1.47 bits per heavy atom. The predicted molar refractivity (Wildman–Crippen MR) is 178 cm³/mol. The number of hydrogen-bond acceptors (Lipinski definition) is 5. The van der Waals surface area contributed by atoms with Crippen molar-refractivity contribution in [2.24, 2.45) is 5.73 Å². The SMILES string of the molecule is N=C(N)c1ccc(-c2cc3ccc(C(=N)NN4C(=O)C=C(c5ccc(Nc6ccccc6)c6ccccc56)C4=O)cc3[nH]2)cc1. The van der Waals surface area contributed by atoms with Crippen molar-refractivity contribution in [2.75, 3.05) is 5.32 Å². The van der Waals surface area contributed by atoms with Crippen LogP contribution in [0.15, 0.2) is 121 Å². The number of fused-ring (bicyclic) bond motifs is 2. The first-order valence-electron chi connectivity index (χ1n) is 14.2. The average Bonchev–Trinajstić information content (AvgIpc) is 3.61. The van der Waals surface area contributed by atoms with Crippen molar-refractivity contribution in [2.45, 2.75) is 0 Å². The molecule has 0 atom stereocenters. The molecule has 2 amide bonds. The number of para-hydroxylation sites is 1. The van der Waals surface area contributed by atoms with Gasteiger partial charge < -0.3 is 16.0 Å². The summed E-state index contributed by atoms with van der Waals surface area (Å²) in [5.41, 5.74) is 14.7. The zero-order chi connectivity index (χ0) is 31.1. The van der Waals surface area contributed by atoms with Crippen LogP contribution in [0.4, 0.5) is 11.4 Å². The maximum atomic E-state index is 13.6. The lowest BCUT2D eigenvalue weighted by molar-refractivity contribution is -0.138. The van der Waals surface area contributed by atoms with E-state index in [0.717, 1.165) is 49.3 Å². The monoisotopic (exact) mass is 589 g/mol. The fourth-order valence-electron chi connectivity index (χ4n) is 5.53. The Hall–Kier alpha value is -6.48. The Bertz CT molecular complexity index is 2200. The fraction of sp³-hybridized carbons (Fsp3) is 0. The van der Waals surface area contributed by atoms with Crippen molar-refractivity contribution >= 4 is 62.1 Å². The van der Waals surface area contributed by atoms with Crippen molar-refractivity contribution in [3.63, 3.8) is 0 Å². The average molecular weight is 590 g/mol. The van der Waals surface area contributed by atoms with Gasteiger partial charge in [0.25, 0.3) is 11.8 Å². The standard InChI is InChI=1S/C36H27N7O2/c37-34(38)22-12-10-21(11-13-22)31-18-23-14-15-24(19-32(23)41-31)35(39)42-43-33(44)20-29(36(43)45)27-16-17-30(28-9-5-4-8-26(27)28)40-25-6-2-1-3-7-25/h1-20,40-41H,(H3,37,38)(H2,39,42). The first-order chi connectivity index (χ1) is 21.9. The first kappa shape index (κ1) is 27.4. The fourth-order valence-corrected chi connectivity index (χ4v) is 5.53. The molecule has 6 aromatic rings. The number of nitrogens with two attached hydrogens (primary N) is 1. The Morgan fingerprint density at radius 3 is 2.22 bits per heavy atom. The zero-order valence-electron chi connectivity index (χ0n) is 23.9. The van der Waals surface area contributed by atoms with Crippen LogP contribution in [0, 0.1) is 10.8 Å². The number of carbonyl (C=O) groups excluding carboxylic acids is 2. The second-order valence-corrected chi connectivity index (χ2v) is 10.7. The number of imide groups is 1. The van der Waals surface area contributed by atoms with Crippen molar-refractivity contribution in [3.05, 3.63) is 138 Å². The summed E-state index contributed by atoms with van der Waals surface area (Å²) in [6, 6.07) is 36.1. The number of anilines is 2. The van der Waals surface area contributed by atoms with Crippen LogP contribution in [0.5, 0.6) is 0 Å². The summed E-state index contributed by atoms with van der Waals surface area (Å²) < 4.78 is 0. The molecule has 9 heteroatoms. The van der Waals surface area contributed by atoms with Gasteiger partial charge in [-0.2, -0.15) is 5.01 Å². The Balaban J connectivity index is 1.11. The van der Waals surface area contributed by atoms with Crippen LogP contribution in [-0.4, -0.2) is 33.5 Å². The summed E-state index contributed by atoms with van der Waals surface area (Å²) in [5.74, 6) is -1.17. The van der Waals surface area contributed by atoms with Gasteiger partial charge >= 0.3 is 0 Å². The van der Waals surface area contributed by atoms with E-state index in [-0.39, 0.29) is 17.2 Å². The highest BCUT2D eigenvalue weighted by Gasteiger charge is 2.34. The van der Waals surface area contributed by atoms with E-state index in [4.69, 9.17) is 16.6 Å². The predicted octanol–water partition coefficient (Wildman–Crippen LogP) is 6.30. The minimum absolute atomic E-state index is 0.00790. The molecule has 0 fully saturated rings. The van der Waals surface area contributed by atoms with E-state index in [1.54, 1.807) is 24.3 Å². The molecule has 1 aliphatic rings. The molecule has 1 aliphatic heterocycles. The highest BCUT2D eigenvalue weighted by Crippen LogP contribution is 2.34. The number of nitrogens with one attached hydrogen (secondary N) is 5. The van der Waals surface area contributed by atoms with Crippen molar-refractivity contribution in [1.29, 1.82) is 10.8 Å². The third kappa shape index (κ3) is 5.08. The van der Waals surface area contributed by atoms with E-state index in [0.29, 0.717) is 16.7 Å². The van der Waals surface area contributed by atoms with Gasteiger partial charge in [-0.15, -0.1) is 0 Å². The van der Waals surface area contributed by atoms with E-state index < -0.39 is 11.8 Å². The van der Waals surface area contributed by atoms with Crippen LogP contribution in [-0.2, 0) is 9.59 Å². The van der Waals surface area contributed by atoms with E-state index >= 15 is 0 Å². The molecule has 45 heavy (non-hydrogen) atoms. The number of amides is 2. The van der Waals surface area contributed by atoms with Crippen LogP contribution in [0.25, 0.3) is 38.5 Å². The summed E-state index contributed by atoms with van der Waals surface area (Å²) in [6.45, 7) is 0. The highest BCUT2D eigenvalue weighted by molar-refractivity contribution is 6.35. The second kappa shape index (κ2) is 11.0. The van der Waals surface area contributed by atoms with E-state index in [1.165, 1.54) is 6.08 Å². The number of hydrazine groups is 1. The number of nitrogens with zero attached hydrogens (tertiary/aromatic N) is 1. The molecule has 0 saturated heterocycles. The molecule has 1 aromatic heterocycles. The summed E-state index contributed by atoms with van der Waals surface area (Å²) in [6.07, 6.45) is 1.31.